The van der Waals surface area contributed by atoms with Crippen LogP contribution < -0.4 is 5.32 Å². The van der Waals surface area contributed by atoms with E-state index in [1.54, 1.807) is 6.26 Å². The Morgan fingerprint density at radius 1 is 1.40 bits per heavy atom. The zero-order chi connectivity index (χ0) is 11.5. The lowest BCUT2D eigenvalue weighted by Gasteiger charge is -2.30. The van der Waals surface area contributed by atoms with E-state index in [-0.39, 0.29) is 0 Å². The lowest BCUT2D eigenvalue weighted by atomic mass is 9.78. The molecule has 86 valence electrons. The average molecular weight is 209 g/mol. The first-order valence-electron chi connectivity index (χ1n) is 5.64. The van der Waals surface area contributed by atoms with Crippen LogP contribution in [0.25, 0.3) is 0 Å². The molecule has 1 aromatic heterocycles. The van der Waals surface area contributed by atoms with Crippen LogP contribution >= 0.6 is 0 Å². The third-order valence-corrected chi connectivity index (χ3v) is 3.36. The molecule has 0 aromatic carbocycles. The van der Waals surface area contributed by atoms with Crippen LogP contribution in [0, 0.1) is 11.3 Å². The molecule has 1 heterocycles. The van der Waals surface area contributed by atoms with E-state index in [1.807, 2.05) is 19.4 Å². The highest BCUT2D eigenvalue weighted by Gasteiger charge is 2.23. The van der Waals surface area contributed by atoms with Gasteiger partial charge in [-0.1, -0.05) is 27.7 Å². The predicted octanol–water partition coefficient (Wildman–Crippen LogP) is 3.61. The molecule has 0 aliphatic carbocycles. The molecule has 2 nitrogen and oxygen atoms in total. The Kier molecular flexibility index (Phi) is 3.97. The molecule has 2 atom stereocenters. The van der Waals surface area contributed by atoms with Gasteiger partial charge in [0, 0.05) is 11.6 Å². The van der Waals surface area contributed by atoms with Crippen LogP contribution in [-0.4, -0.2) is 7.05 Å². The summed E-state index contributed by atoms with van der Waals surface area (Å²) >= 11 is 0. The predicted molar refractivity (Wildman–Crippen MR) is 63.7 cm³/mol. The molecule has 0 bridgehead atoms. The molecule has 1 N–H and O–H groups in total. The summed E-state index contributed by atoms with van der Waals surface area (Å²) < 4.78 is 5.12. The van der Waals surface area contributed by atoms with Gasteiger partial charge in [0.25, 0.3) is 0 Å². The van der Waals surface area contributed by atoms with E-state index in [0.29, 0.717) is 17.4 Å². The lowest BCUT2D eigenvalue weighted by molar-refractivity contribution is 0.226. The highest BCUT2D eigenvalue weighted by atomic mass is 16.3. The zero-order valence-corrected chi connectivity index (χ0v) is 10.5. The largest absolute Gasteiger partial charge is 0.472 e. The summed E-state index contributed by atoms with van der Waals surface area (Å²) in [6.45, 7) is 9.18. The van der Waals surface area contributed by atoms with Crippen LogP contribution in [0.15, 0.2) is 23.0 Å². The van der Waals surface area contributed by atoms with E-state index in [4.69, 9.17) is 4.42 Å². The van der Waals surface area contributed by atoms with Crippen molar-refractivity contribution in [1.29, 1.82) is 0 Å². The molecule has 0 fully saturated rings. The van der Waals surface area contributed by atoms with Crippen molar-refractivity contribution in [3.8, 4) is 0 Å². The second kappa shape index (κ2) is 4.84. The number of nitrogens with one attached hydrogen (secondary N) is 1. The van der Waals surface area contributed by atoms with E-state index in [2.05, 4.69) is 33.0 Å². The average Bonchev–Trinajstić information content (AvgIpc) is 2.64. The summed E-state index contributed by atoms with van der Waals surface area (Å²) in [7, 11) is 2.01. The van der Waals surface area contributed by atoms with E-state index in [1.165, 1.54) is 5.56 Å². The summed E-state index contributed by atoms with van der Waals surface area (Å²) in [5.41, 5.74) is 1.60. The van der Waals surface area contributed by atoms with Gasteiger partial charge in [0.2, 0.25) is 0 Å². The first-order valence-corrected chi connectivity index (χ1v) is 5.64. The summed E-state index contributed by atoms with van der Waals surface area (Å²) in [6.07, 6.45) is 4.71. The normalized spacial score (nSPS) is 16.3. The van der Waals surface area contributed by atoms with Crippen molar-refractivity contribution in [2.24, 2.45) is 11.3 Å². The van der Waals surface area contributed by atoms with Gasteiger partial charge in [-0.2, -0.15) is 0 Å². The number of furan rings is 1. The molecule has 1 rings (SSSR count). The SMILES string of the molecule is CNC(CC(C)C(C)(C)C)c1ccoc1. The maximum absolute atomic E-state index is 5.12. The topological polar surface area (TPSA) is 25.2 Å². The smallest absolute Gasteiger partial charge is 0.0950 e. The van der Waals surface area contributed by atoms with Crippen molar-refractivity contribution in [2.45, 2.75) is 40.2 Å². The number of hydrogen-bond donors (Lipinski definition) is 1. The van der Waals surface area contributed by atoms with Gasteiger partial charge in [-0.3, -0.25) is 0 Å². The zero-order valence-electron chi connectivity index (χ0n) is 10.5. The van der Waals surface area contributed by atoms with Crippen molar-refractivity contribution >= 4 is 0 Å². The van der Waals surface area contributed by atoms with Crippen LogP contribution in [-0.2, 0) is 0 Å². The molecule has 0 saturated heterocycles. The molecular formula is C13H23NO. The first kappa shape index (κ1) is 12.3. The van der Waals surface area contributed by atoms with Crippen molar-refractivity contribution < 1.29 is 4.42 Å². The lowest BCUT2D eigenvalue weighted by Crippen LogP contribution is -2.25. The summed E-state index contributed by atoms with van der Waals surface area (Å²) in [5.74, 6) is 0.671. The Hall–Kier alpha value is -0.760. The minimum atomic E-state index is 0.360. The molecule has 0 aliphatic rings. The summed E-state index contributed by atoms with van der Waals surface area (Å²) in [4.78, 5) is 0. The van der Waals surface area contributed by atoms with Gasteiger partial charge in [-0.25, -0.2) is 0 Å². The van der Waals surface area contributed by atoms with Crippen LogP contribution in [0.4, 0.5) is 0 Å². The van der Waals surface area contributed by atoms with Gasteiger partial charge in [0.1, 0.15) is 0 Å². The number of hydrogen-bond acceptors (Lipinski definition) is 2. The summed E-state index contributed by atoms with van der Waals surface area (Å²) in [6, 6.07) is 2.44. The van der Waals surface area contributed by atoms with Crippen molar-refractivity contribution in [3.05, 3.63) is 24.2 Å². The highest BCUT2D eigenvalue weighted by molar-refractivity contribution is 5.11. The quantitative estimate of drug-likeness (QED) is 0.819. The summed E-state index contributed by atoms with van der Waals surface area (Å²) in [5, 5.41) is 3.35. The van der Waals surface area contributed by atoms with Crippen LogP contribution in [0.1, 0.15) is 45.7 Å². The van der Waals surface area contributed by atoms with Crippen LogP contribution in [0.5, 0.6) is 0 Å². The molecule has 1 aromatic rings. The van der Waals surface area contributed by atoms with Crippen molar-refractivity contribution in [1.82, 2.24) is 5.32 Å². The Morgan fingerprint density at radius 2 is 2.07 bits per heavy atom. The fraction of sp³-hybridized carbons (Fsp3) is 0.692. The second-order valence-electron chi connectivity index (χ2n) is 5.40. The Bertz CT molecular complexity index is 271. The minimum Gasteiger partial charge on any atom is -0.472 e. The minimum absolute atomic E-state index is 0.360. The second-order valence-corrected chi connectivity index (χ2v) is 5.40. The van der Waals surface area contributed by atoms with Gasteiger partial charge in [-0.05, 0) is 30.9 Å². The van der Waals surface area contributed by atoms with E-state index in [9.17, 15) is 0 Å². The fourth-order valence-electron chi connectivity index (χ4n) is 1.60. The van der Waals surface area contributed by atoms with Gasteiger partial charge < -0.3 is 9.73 Å². The number of rotatable bonds is 4. The standard InChI is InChI=1S/C13H23NO/c1-10(13(2,3)4)8-12(14-5)11-6-7-15-9-11/h6-7,9-10,12,14H,8H2,1-5H3. The van der Waals surface area contributed by atoms with Gasteiger partial charge in [0.05, 0.1) is 12.5 Å². The van der Waals surface area contributed by atoms with Gasteiger partial charge in [-0.15, -0.1) is 0 Å². The molecule has 0 spiro atoms. The van der Waals surface area contributed by atoms with Crippen molar-refractivity contribution in [3.63, 3.8) is 0 Å². The molecule has 0 aliphatic heterocycles. The Labute approximate surface area is 93.1 Å². The Balaban J connectivity index is 2.63. The molecule has 2 unspecified atom stereocenters. The van der Waals surface area contributed by atoms with E-state index < -0.39 is 0 Å². The van der Waals surface area contributed by atoms with Crippen molar-refractivity contribution in [2.75, 3.05) is 7.05 Å². The maximum atomic E-state index is 5.12. The van der Waals surface area contributed by atoms with E-state index >= 15 is 0 Å². The maximum Gasteiger partial charge on any atom is 0.0950 e. The Morgan fingerprint density at radius 3 is 2.47 bits per heavy atom. The molecule has 15 heavy (non-hydrogen) atoms. The molecule has 0 amide bonds. The van der Waals surface area contributed by atoms with E-state index in [0.717, 1.165) is 6.42 Å². The third-order valence-electron chi connectivity index (χ3n) is 3.36. The third kappa shape index (κ3) is 3.38. The first-order chi connectivity index (χ1) is 6.95. The van der Waals surface area contributed by atoms with Gasteiger partial charge >= 0.3 is 0 Å². The fourth-order valence-corrected chi connectivity index (χ4v) is 1.60. The monoisotopic (exact) mass is 209 g/mol. The van der Waals surface area contributed by atoms with Gasteiger partial charge in [0.15, 0.2) is 0 Å². The molecular weight excluding hydrogens is 186 g/mol. The molecule has 2 heteroatoms. The van der Waals surface area contributed by atoms with Crippen LogP contribution in [0.2, 0.25) is 0 Å². The van der Waals surface area contributed by atoms with Crippen LogP contribution in [0.3, 0.4) is 0 Å². The molecule has 0 saturated carbocycles. The molecule has 0 radical (unpaired) electrons. The highest BCUT2D eigenvalue weighted by Crippen LogP contribution is 2.33.